The number of thiophene rings is 1. The van der Waals surface area contributed by atoms with E-state index in [9.17, 15) is 14.4 Å². The second kappa shape index (κ2) is 9.60. The molecule has 0 spiro atoms. The number of nitrogens with two attached hydrogens (primary N) is 1. The van der Waals surface area contributed by atoms with Crippen LogP contribution in [0.4, 0.5) is 4.79 Å². The summed E-state index contributed by atoms with van der Waals surface area (Å²) in [5.41, 5.74) is 6.25. The minimum atomic E-state index is -0.604. The lowest BCUT2D eigenvalue weighted by Gasteiger charge is -2.48. The number of carbonyl (C=O) groups is 3. The fraction of sp³-hybridized carbons (Fsp3) is 0.591. The van der Waals surface area contributed by atoms with Crippen LogP contribution < -0.4 is 16.4 Å². The molecule has 174 valence electrons. The first-order valence-electron chi connectivity index (χ1n) is 11.1. The highest BCUT2D eigenvalue weighted by molar-refractivity contribution is 7.10. The van der Waals surface area contributed by atoms with Crippen molar-refractivity contribution in [1.82, 2.24) is 20.4 Å². The third-order valence-corrected chi connectivity index (χ3v) is 7.81. The van der Waals surface area contributed by atoms with E-state index in [2.05, 4.69) is 20.4 Å². The molecule has 1 unspecified atom stereocenters. The van der Waals surface area contributed by atoms with Gasteiger partial charge < -0.3 is 21.1 Å². The van der Waals surface area contributed by atoms with Gasteiger partial charge in [-0.1, -0.05) is 12.5 Å². The number of nitrogens with one attached hydrogen (secondary N) is 2. The van der Waals surface area contributed by atoms with Gasteiger partial charge in [-0.25, -0.2) is 9.59 Å². The first-order valence-corrected chi connectivity index (χ1v) is 12.0. The zero-order chi connectivity index (χ0) is 22.7. The van der Waals surface area contributed by atoms with E-state index in [1.165, 1.54) is 24.9 Å². The Morgan fingerprint density at radius 1 is 1.22 bits per heavy atom. The van der Waals surface area contributed by atoms with Gasteiger partial charge in [0.15, 0.2) is 0 Å². The van der Waals surface area contributed by atoms with Crippen LogP contribution in [-0.4, -0.2) is 73.1 Å². The number of ether oxygens (including phenoxy) is 1. The summed E-state index contributed by atoms with van der Waals surface area (Å²) < 4.78 is 5.05. The molecule has 4 N–H and O–H groups in total. The molecule has 0 aromatic carbocycles. The largest absolute Gasteiger partial charge is 0.466 e. The Morgan fingerprint density at radius 2 is 1.94 bits per heavy atom. The van der Waals surface area contributed by atoms with Crippen molar-refractivity contribution in [2.45, 2.75) is 43.7 Å². The number of carbonyl (C=O) groups excluding carboxylic acids is 3. The first-order chi connectivity index (χ1) is 15.4. The molecule has 10 heteroatoms. The molecule has 0 bridgehead atoms. The molecule has 1 aromatic heterocycles. The number of rotatable bonds is 6. The van der Waals surface area contributed by atoms with Crippen LogP contribution in [0.15, 0.2) is 28.8 Å². The summed E-state index contributed by atoms with van der Waals surface area (Å²) in [7, 11) is 1.34. The predicted molar refractivity (Wildman–Crippen MR) is 121 cm³/mol. The summed E-state index contributed by atoms with van der Waals surface area (Å²) in [4.78, 5) is 42.9. The number of primary amides is 1. The highest BCUT2D eigenvalue weighted by atomic mass is 32.1. The van der Waals surface area contributed by atoms with Gasteiger partial charge in [0.05, 0.1) is 18.7 Å². The van der Waals surface area contributed by atoms with Gasteiger partial charge in [0.2, 0.25) is 5.91 Å². The smallest absolute Gasteiger partial charge is 0.338 e. The summed E-state index contributed by atoms with van der Waals surface area (Å²) in [5, 5.41) is 7.56. The average molecular weight is 462 g/mol. The zero-order valence-electron chi connectivity index (χ0n) is 18.4. The minimum Gasteiger partial charge on any atom is -0.466 e. The molecule has 0 aliphatic carbocycles. The van der Waals surface area contributed by atoms with Crippen molar-refractivity contribution in [2.75, 3.05) is 39.8 Å². The second-order valence-electron chi connectivity index (χ2n) is 8.65. The molecular weight excluding hydrogens is 430 g/mol. The number of amides is 3. The monoisotopic (exact) mass is 461 g/mol. The van der Waals surface area contributed by atoms with Crippen LogP contribution in [0, 0.1) is 0 Å². The van der Waals surface area contributed by atoms with Crippen molar-refractivity contribution >= 4 is 29.2 Å². The van der Waals surface area contributed by atoms with Crippen LogP contribution in [0.5, 0.6) is 0 Å². The van der Waals surface area contributed by atoms with Crippen LogP contribution in [0.3, 0.4) is 0 Å². The van der Waals surface area contributed by atoms with Crippen LogP contribution in [0.1, 0.15) is 43.0 Å². The van der Waals surface area contributed by atoms with Crippen molar-refractivity contribution in [3.8, 4) is 0 Å². The highest BCUT2D eigenvalue weighted by Crippen LogP contribution is 2.34. The molecule has 4 heterocycles. The Kier molecular flexibility index (Phi) is 6.82. The number of esters is 1. The van der Waals surface area contributed by atoms with Crippen molar-refractivity contribution in [1.29, 1.82) is 0 Å². The molecule has 2 saturated heterocycles. The van der Waals surface area contributed by atoms with Gasteiger partial charge in [0, 0.05) is 30.2 Å². The van der Waals surface area contributed by atoms with Gasteiger partial charge in [0.25, 0.3) is 0 Å². The zero-order valence-corrected chi connectivity index (χ0v) is 19.2. The fourth-order valence-corrected chi connectivity index (χ4v) is 5.89. The number of likely N-dealkylation sites (tertiary alicyclic amines) is 2. The topological polar surface area (TPSA) is 117 Å². The van der Waals surface area contributed by atoms with Gasteiger partial charge in [-0.3, -0.25) is 14.6 Å². The summed E-state index contributed by atoms with van der Waals surface area (Å²) in [5.74, 6) is -0.718. The van der Waals surface area contributed by atoms with Gasteiger partial charge in [-0.05, 0) is 50.2 Å². The molecule has 4 rings (SSSR count). The molecule has 9 nitrogen and oxygen atoms in total. The Bertz CT molecular complexity index is 886. The number of hydrogen-bond donors (Lipinski definition) is 3. The Labute approximate surface area is 191 Å². The molecule has 32 heavy (non-hydrogen) atoms. The van der Waals surface area contributed by atoms with E-state index < -0.39 is 17.6 Å². The Balaban J connectivity index is 1.54. The van der Waals surface area contributed by atoms with E-state index in [1.54, 1.807) is 0 Å². The van der Waals surface area contributed by atoms with Crippen LogP contribution in [-0.2, 0) is 14.3 Å². The summed E-state index contributed by atoms with van der Waals surface area (Å²) in [6, 6.07) is 2.89. The van der Waals surface area contributed by atoms with Crippen LogP contribution in [0.2, 0.25) is 0 Å². The molecule has 1 aromatic rings. The average Bonchev–Trinajstić information content (AvgIpc) is 3.34. The van der Waals surface area contributed by atoms with Crippen molar-refractivity contribution in [2.24, 2.45) is 5.73 Å². The standard InChI is InChI=1S/C22H31N5O4S/c1-31-19(28)17-15(24-21(30)25-18(17)16-6-5-13-32-16)14-26-11-7-22(8-12-26,20(23)29)27-9-3-2-4-10-27/h5-6,13,18H,2-4,7-12,14H2,1H3,(H2,23,29)(H2,24,25,30). The maximum Gasteiger partial charge on any atom is 0.338 e. The van der Waals surface area contributed by atoms with Crippen LogP contribution >= 0.6 is 11.3 Å². The number of piperidine rings is 2. The van der Waals surface area contributed by atoms with Gasteiger partial charge >= 0.3 is 12.0 Å². The molecule has 3 aliphatic rings. The van der Waals surface area contributed by atoms with E-state index >= 15 is 0 Å². The molecule has 1 atom stereocenters. The van der Waals surface area contributed by atoms with Crippen molar-refractivity contribution in [3.63, 3.8) is 0 Å². The maximum atomic E-state index is 12.7. The molecule has 0 radical (unpaired) electrons. The third kappa shape index (κ3) is 4.39. The first kappa shape index (κ1) is 22.8. The Hall–Kier alpha value is -2.43. The van der Waals surface area contributed by atoms with Gasteiger partial charge in [-0.15, -0.1) is 11.3 Å². The van der Waals surface area contributed by atoms with E-state index in [4.69, 9.17) is 10.5 Å². The SMILES string of the molecule is COC(=O)C1=C(CN2CCC(C(N)=O)(N3CCCCC3)CC2)NC(=O)NC1c1cccs1. The van der Waals surface area contributed by atoms with Gasteiger partial charge in [-0.2, -0.15) is 0 Å². The molecule has 3 aliphatic heterocycles. The van der Waals surface area contributed by atoms with Crippen molar-refractivity contribution < 1.29 is 19.1 Å². The lowest BCUT2D eigenvalue weighted by molar-refractivity contribution is -0.136. The van der Waals surface area contributed by atoms with E-state index in [-0.39, 0.29) is 11.9 Å². The number of urea groups is 1. The summed E-state index contributed by atoms with van der Waals surface area (Å²) in [6.07, 6.45) is 4.67. The lowest BCUT2D eigenvalue weighted by Crippen LogP contribution is -2.63. The number of methoxy groups -OCH3 is 1. The number of hydrogen-bond acceptors (Lipinski definition) is 7. The third-order valence-electron chi connectivity index (χ3n) is 6.87. The molecule has 0 saturated carbocycles. The summed E-state index contributed by atoms with van der Waals surface area (Å²) in [6.45, 7) is 3.53. The fourth-order valence-electron chi connectivity index (χ4n) is 5.11. The normalized spacial score (nSPS) is 24.5. The molecule has 3 amide bonds. The molecule has 2 fully saturated rings. The van der Waals surface area contributed by atoms with Gasteiger partial charge in [0.1, 0.15) is 5.54 Å². The Morgan fingerprint density at radius 3 is 2.53 bits per heavy atom. The second-order valence-corrected chi connectivity index (χ2v) is 9.63. The van der Waals surface area contributed by atoms with Crippen molar-refractivity contribution in [3.05, 3.63) is 33.7 Å². The quantitative estimate of drug-likeness (QED) is 0.551. The highest BCUT2D eigenvalue weighted by Gasteiger charge is 2.45. The lowest BCUT2D eigenvalue weighted by atomic mass is 9.83. The van der Waals surface area contributed by atoms with E-state index in [1.807, 2.05) is 17.5 Å². The molecular formula is C22H31N5O4S. The predicted octanol–water partition coefficient (Wildman–Crippen LogP) is 1.33. The van der Waals surface area contributed by atoms with Crippen LogP contribution in [0.25, 0.3) is 0 Å². The number of nitrogens with zero attached hydrogens (tertiary/aromatic N) is 2. The summed E-state index contributed by atoms with van der Waals surface area (Å²) >= 11 is 1.48. The maximum absolute atomic E-state index is 12.7. The minimum absolute atomic E-state index is 0.249. The van der Waals surface area contributed by atoms with E-state index in [0.717, 1.165) is 30.8 Å². The van der Waals surface area contributed by atoms with E-state index in [0.29, 0.717) is 43.7 Å².